The maximum atomic E-state index is 11.1. The molecule has 0 amide bonds. The summed E-state index contributed by atoms with van der Waals surface area (Å²) < 4.78 is 23.5. The van der Waals surface area contributed by atoms with Crippen LogP contribution in [0.25, 0.3) is 0 Å². The molecule has 1 aromatic heterocycles. The van der Waals surface area contributed by atoms with E-state index in [0.29, 0.717) is 26.2 Å². The van der Waals surface area contributed by atoms with Crippen molar-refractivity contribution in [1.29, 1.82) is 0 Å². The Morgan fingerprint density at radius 1 is 1.12 bits per heavy atom. The lowest BCUT2D eigenvalue weighted by Crippen LogP contribution is -2.50. The van der Waals surface area contributed by atoms with Gasteiger partial charge in [-0.3, -0.25) is 4.98 Å². The molecular weight excluding hydrogens is 264 g/mol. The van der Waals surface area contributed by atoms with Gasteiger partial charge in [0.2, 0.25) is 0 Å². The van der Waals surface area contributed by atoms with E-state index >= 15 is 0 Å². The molecule has 1 saturated heterocycles. The van der Waals surface area contributed by atoms with Crippen LogP contribution in [-0.4, -0.2) is 43.9 Å². The van der Waals surface area contributed by atoms with Gasteiger partial charge in [0.15, 0.2) is 0 Å². The third-order valence-corrected chi connectivity index (χ3v) is 3.71. The second-order valence-corrected chi connectivity index (χ2v) is 5.18. The lowest BCUT2D eigenvalue weighted by molar-refractivity contribution is 0.385. The first-order chi connectivity index (χ1) is 7.57. The smallest absolute Gasteiger partial charge is 0.277 e. The van der Waals surface area contributed by atoms with Gasteiger partial charge >= 0.3 is 0 Å². The summed E-state index contributed by atoms with van der Waals surface area (Å²) in [7, 11) is -3.54. The number of rotatable bonds is 2. The lowest BCUT2D eigenvalue weighted by atomic mass is 10.3. The third kappa shape index (κ3) is 3.53. The topological polar surface area (TPSA) is 79.5 Å². The Bertz CT molecular complexity index is 445. The van der Waals surface area contributed by atoms with E-state index in [4.69, 9.17) is 5.14 Å². The second kappa shape index (κ2) is 5.63. The minimum Gasteiger partial charge on any atom is -0.369 e. The highest BCUT2D eigenvalue weighted by atomic mass is 35.5. The summed E-state index contributed by atoms with van der Waals surface area (Å²) in [6.07, 6.45) is 3.45. The molecule has 2 heterocycles. The van der Waals surface area contributed by atoms with Crippen molar-refractivity contribution in [1.82, 2.24) is 9.29 Å². The zero-order chi connectivity index (χ0) is 11.6. The van der Waals surface area contributed by atoms with Crippen LogP contribution < -0.4 is 10.0 Å². The number of anilines is 1. The fraction of sp³-hybridized carbons (Fsp3) is 0.444. The Balaban J connectivity index is 0.00000144. The van der Waals surface area contributed by atoms with Gasteiger partial charge in [-0.15, -0.1) is 12.4 Å². The molecule has 0 unspecified atom stereocenters. The molecule has 0 aromatic carbocycles. The van der Waals surface area contributed by atoms with Crippen LogP contribution in [0, 0.1) is 0 Å². The number of halogens is 1. The van der Waals surface area contributed by atoms with Gasteiger partial charge in [-0.2, -0.15) is 12.7 Å². The first kappa shape index (κ1) is 14.2. The average Bonchev–Trinajstić information content (AvgIpc) is 2.29. The molecule has 6 nitrogen and oxygen atoms in total. The molecule has 8 heteroatoms. The van der Waals surface area contributed by atoms with Gasteiger partial charge in [0.1, 0.15) is 0 Å². The summed E-state index contributed by atoms with van der Waals surface area (Å²) in [5.41, 5.74) is 1.06. The van der Waals surface area contributed by atoms with Gasteiger partial charge < -0.3 is 4.90 Å². The van der Waals surface area contributed by atoms with Crippen molar-refractivity contribution in [3.05, 3.63) is 24.5 Å². The quantitative estimate of drug-likeness (QED) is 0.814. The second-order valence-electron chi connectivity index (χ2n) is 3.64. The normalized spacial score (nSPS) is 17.6. The Labute approximate surface area is 107 Å². The van der Waals surface area contributed by atoms with Crippen molar-refractivity contribution in [2.75, 3.05) is 31.1 Å². The van der Waals surface area contributed by atoms with Crippen molar-refractivity contribution < 1.29 is 8.42 Å². The van der Waals surface area contributed by atoms with Gasteiger partial charge in [-0.1, -0.05) is 0 Å². The van der Waals surface area contributed by atoms with Crippen LogP contribution in [0.2, 0.25) is 0 Å². The van der Waals surface area contributed by atoms with E-state index < -0.39 is 10.2 Å². The lowest BCUT2D eigenvalue weighted by Gasteiger charge is -2.34. The molecular formula is C9H15ClN4O2S. The Hall–Kier alpha value is -0.890. The number of nitrogens with zero attached hydrogens (tertiary/aromatic N) is 3. The van der Waals surface area contributed by atoms with Gasteiger partial charge in [-0.25, -0.2) is 5.14 Å². The molecule has 0 spiro atoms. The average molecular weight is 279 g/mol. The van der Waals surface area contributed by atoms with E-state index in [1.807, 2.05) is 12.1 Å². The molecule has 2 N–H and O–H groups in total. The highest BCUT2D eigenvalue weighted by molar-refractivity contribution is 7.86. The van der Waals surface area contributed by atoms with Crippen LogP contribution in [0.1, 0.15) is 0 Å². The molecule has 17 heavy (non-hydrogen) atoms. The maximum absolute atomic E-state index is 11.1. The maximum Gasteiger partial charge on any atom is 0.277 e. The first-order valence-corrected chi connectivity index (χ1v) is 6.50. The van der Waals surface area contributed by atoms with Gasteiger partial charge in [0.25, 0.3) is 10.2 Å². The molecule has 0 radical (unpaired) electrons. The number of aromatic nitrogens is 1. The Kier molecular flexibility index (Phi) is 4.70. The fourth-order valence-electron chi connectivity index (χ4n) is 1.76. The Morgan fingerprint density at radius 3 is 2.12 bits per heavy atom. The van der Waals surface area contributed by atoms with Gasteiger partial charge in [0, 0.05) is 44.3 Å². The number of piperazine rings is 1. The molecule has 1 aliphatic heterocycles. The van der Waals surface area contributed by atoms with Gasteiger partial charge in [0.05, 0.1) is 0 Å². The molecule has 1 fully saturated rings. The van der Waals surface area contributed by atoms with Crippen molar-refractivity contribution in [2.24, 2.45) is 5.14 Å². The van der Waals surface area contributed by atoms with Crippen LogP contribution >= 0.6 is 12.4 Å². The summed E-state index contributed by atoms with van der Waals surface area (Å²) in [5, 5.41) is 5.06. The van der Waals surface area contributed by atoms with E-state index in [9.17, 15) is 8.42 Å². The predicted octanol–water partition coefficient (Wildman–Crippen LogP) is -0.171. The molecule has 1 aliphatic rings. The molecule has 2 rings (SSSR count). The number of hydrogen-bond donors (Lipinski definition) is 1. The predicted molar refractivity (Wildman–Crippen MR) is 68.4 cm³/mol. The van der Waals surface area contributed by atoms with E-state index in [2.05, 4.69) is 9.88 Å². The van der Waals surface area contributed by atoms with Crippen LogP contribution in [0.3, 0.4) is 0 Å². The summed E-state index contributed by atoms with van der Waals surface area (Å²) in [4.78, 5) is 6.06. The zero-order valence-electron chi connectivity index (χ0n) is 9.19. The summed E-state index contributed by atoms with van der Waals surface area (Å²) >= 11 is 0. The first-order valence-electron chi connectivity index (χ1n) is 5.00. The van der Waals surface area contributed by atoms with Crippen molar-refractivity contribution >= 4 is 28.3 Å². The SMILES string of the molecule is Cl.NS(=O)(=O)N1CCN(c2ccncc2)CC1. The largest absolute Gasteiger partial charge is 0.369 e. The van der Waals surface area contributed by atoms with Crippen LogP contribution in [-0.2, 0) is 10.2 Å². The van der Waals surface area contributed by atoms with E-state index in [0.717, 1.165) is 5.69 Å². The highest BCUT2D eigenvalue weighted by Gasteiger charge is 2.23. The van der Waals surface area contributed by atoms with Crippen LogP contribution in [0.5, 0.6) is 0 Å². The number of nitrogens with two attached hydrogens (primary N) is 1. The minimum absolute atomic E-state index is 0. The molecule has 1 aromatic rings. The molecule has 96 valence electrons. The fourth-order valence-corrected chi connectivity index (χ4v) is 2.43. The van der Waals surface area contributed by atoms with Crippen molar-refractivity contribution in [3.8, 4) is 0 Å². The molecule has 0 atom stereocenters. The molecule has 0 aliphatic carbocycles. The monoisotopic (exact) mass is 278 g/mol. The van der Waals surface area contributed by atoms with Crippen LogP contribution in [0.4, 0.5) is 5.69 Å². The Morgan fingerprint density at radius 2 is 1.65 bits per heavy atom. The molecule has 0 saturated carbocycles. The summed E-state index contributed by atoms with van der Waals surface area (Å²) in [5.74, 6) is 0. The van der Waals surface area contributed by atoms with Crippen molar-refractivity contribution in [3.63, 3.8) is 0 Å². The number of hydrogen-bond acceptors (Lipinski definition) is 4. The third-order valence-electron chi connectivity index (χ3n) is 2.63. The van der Waals surface area contributed by atoms with Crippen molar-refractivity contribution in [2.45, 2.75) is 0 Å². The summed E-state index contributed by atoms with van der Waals surface area (Å²) in [6, 6.07) is 3.82. The minimum atomic E-state index is -3.54. The highest BCUT2D eigenvalue weighted by Crippen LogP contribution is 2.15. The summed E-state index contributed by atoms with van der Waals surface area (Å²) in [6.45, 7) is 2.17. The van der Waals surface area contributed by atoms with Gasteiger partial charge in [-0.05, 0) is 12.1 Å². The molecule has 0 bridgehead atoms. The van der Waals surface area contributed by atoms with E-state index in [-0.39, 0.29) is 12.4 Å². The van der Waals surface area contributed by atoms with E-state index in [1.165, 1.54) is 4.31 Å². The van der Waals surface area contributed by atoms with Crippen LogP contribution in [0.15, 0.2) is 24.5 Å². The number of pyridine rings is 1. The zero-order valence-corrected chi connectivity index (χ0v) is 10.8. The standard InChI is InChI=1S/C9H14N4O2S.ClH/c10-16(14,15)13-7-5-12(6-8-13)9-1-3-11-4-2-9;/h1-4H,5-8H2,(H2,10,14,15);1H. The van der Waals surface area contributed by atoms with E-state index in [1.54, 1.807) is 12.4 Å².